The molecular weight excluding hydrogens is 348 g/mol. The number of aryl methyl sites for hydroxylation is 2. The second-order valence-electron chi connectivity index (χ2n) is 6.37. The van der Waals surface area contributed by atoms with Gasteiger partial charge in [0.2, 0.25) is 0 Å². The van der Waals surface area contributed by atoms with E-state index in [-0.39, 0.29) is 6.10 Å². The first-order valence-electron chi connectivity index (χ1n) is 8.62. The smallest absolute Gasteiger partial charge is 0.170 e. The molecule has 0 aliphatic carbocycles. The fraction of sp³-hybridized carbons (Fsp3) is 0.350. The number of rotatable bonds is 5. The molecule has 2 aromatic carbocycles. The highest BCUT2D eigenvalue weighted by Crippen LogP contribution is 2.31. The van der Waals surface area contributed by atoms with Crippen LogP contribution < -0.4 is 10.6 Å². The van der Waals surface area contributed by atoms with Gasteiger partial charge in [-0.2, -0.15) is 0 Å². The van der Waals surface area contributed by atoms with Gasteiger partial charge in [0.05, 0.1) is 6.10 Å². The molecule has 0 unspecified atom stereocenters. The van der Waals surface area contributed by atoms with E-state index in [4.69, 9.17) is 17.0 Å². The molecule has 3 nitrogen and oxygen atoms in total. The summed E-state index contributed by atoms with van der Waals surface area (Å²) in [5.41, 5.74) is 3.60. The third kappa shape index (κ3) is 5.46. The van der Waals surface area contributed by atoms with E-state index in [2.05, 4.69) is 66.9 Å². The Balaban J connectivity index is 1.52. The van der Waals surface area contributed by atoms with Crippen molar-refractivity contribution in [2.24, 2.45) is 0 Å². The fourth-order valence-electron chi connectivity index (χ4n) is 2.83. The SMILES string of the molecule is Cc1ccc(Sc2ccc(NC(=S)NC[C@@H]3CCCO3)cc2)c(C)c1. The zero-order valence-corrected chi connectivity index (χ0v) is 16.3. The molecule has 1 saturated heterocycles. The van der Waals surface area contributed by atoms with E-state index in [0.717, 1.165) is 31.7 Å². The molecule has 1 aliphatic rings. The second kappa shape index (κ2) is 8.70. The van der Waals surface area contributed by atoms with E-state index in [1.54, 1.807) is 11.8 Å². The Morgan fingerprint density at radius 2 is 2.00 bits per heavy atom. The van der Waals surface area contributed by atoms with Crippen molar-refractivity contribution in [3.8, 4) is 0 Å². The number of hydrogen-bond donors (Lipinski definition) is 2. The van der Waals surface area contributed by atoms with Crippen LogP contribution in [-0.2, 0) is 4.74 Å². The van der Waals surface area contributed by atoms with Crippen LogP contribution in [0.25, 0.3) is 0 Å². The standard InChI is InChI=1S/C20H24N2OS2/c1-14-5-10-19(15(2)12-14)25-18-8-6-16(7-9-18)22-20(24)21-13-17-4-3-11-23-17/h5-10,12,17H,3-4,11,13H2,1-2H3,(H2,21,22,24)/t17-/m0/s1. The van der Waals surface area contributed by atoms with Gasteiger partial charge in [0, 0.05) is 28.6 Å². The number of ether oxygens (including phenoxy) is 1. The van der Waals surface area contributed by atoms with E-state index >= 15 is 0 Å². The monoisotopic (exact) mass is 372 g/mol. The quantitative estimate of drug-likeness (QED) is 0.728. The van der Waals surface area contributed by atoms with E-state index in [0.29, 0.717) is 5.11 Å². The van der Waals surface area contributed by atoms with Crippen LogP contribution in [0.15, 0.2) is 52.3 Å². The fourth-order valence-corrected chi connectivity index (χ4v) is 3.92. The van der Waals surface area contributed by atoms with Crippen molar-refractivity contribution in [3.05, 3.63) is 53.6 Å². The average molecular weight is 373 g/mol. The molecule has 1 heterocycles. The maximum Gasteiger partial charge on any atom is 0.170 e. The normalized spacial score (nSPS) is 16.6. The van der Waals surface area contributed by atoms with Crippen LogP contribution in [-0.4, -0.2) is 24.4 Å². The Labute approximate surface area is 159 Å². The van der Waals surface area contributed by atoms with Crippen LogP contribution >= 0.6 is 24.0 Å². The molecule has 2 aromatic rings. The molecule has 0 bridgehead atoms. The van der Waals surface area contributed by atoms with Crippen molar-refractivity contribution in [2.45, 2.75) is 42.6 Å². The highest BCUT2D eigenvalue weighted by Gasteiger charge is 2.15. The molecular formula is C20H24N2OS2. The first-order valence-corrected chi connectivity index (χ1v) is 9.84. The van der Waals surface area contributed by atoms with Crippen molar-refractivity contribution >= 4 is 34.8 Å². The molecule has 3 rings (SSSR count). The van der Waals surface area contributed by atoms with Gasteiger partial charge in [0.1, 0.15) is 0 Å². The van der Waals surface area contributed by atoms with Crippen molar-refractivity contribution in [1.29, 1.82) is 0 Å². The molecule has 1 aliphatic heterocycles. The molecule has 2 N–H and O–H groups in total. The third-order valence-corrected chi connectivity index (χ3v) is 5.62. The molecule has 132 valence electrons. The summed E-state index contributed by atoms with van der Waals surface area (Å²) >= 11 is 7.14. The van der Waals surface area contributed by atoms with Gasteiger partial charge in [0.15, 0.2) is 5.11 Å². The summed E-state index contributed by atoms with van der Waals surface area (Å²) in [6, 6.07) is 14.9. The molecule has 0 saturated carbocycles. The van der Waals surface area contributed by atoms with Gasteiger partial charge >= 0.3 is 0 Å². The lowest BCUT2D eigenvalue weighted by Crippen LogP contribution is -2.34. The first-order chi connectivity index (χ1) is 12.1. The molecule has 25 heavy (non-hydrogen) atoms. The molecule has 1 atom stereocenters. The first kappa shape index (κ1) is 18.2. The van der Waals surface area contributed by atoms with Crippen molar-refractivity contribution in [2.75, 3.05) is 18.5 Å². The summed E-state index contributed by atoms with van der Waals surface area (Å²) in [4.78, 5) is 2.51. The summed E-state index contributed by atoms with van der Waals surface area (Å²) in [5, 5.41) is 7.11. The van der Waals surface area contributed by atoms with E-state index in [1.807, 2.05) is 0 Å². The zero-order chi connectivity index (χ0) is 17.6. The minimum absolute atomic E-state index is 0.288. The van der Waals surface area contributed by atoms with Crippen LogP contribution in [0, 0.1) is 13.8 Å². The van der Waals surface area contributed by atoms with Crippen LogP contribution in [0.2, 0.25) is 0 Å². The zero-order valence-electron chi connectivity index (χ0n) is 14.7. The lowest BCUT2D eigenvalue weighted by atomic mass is 10.2. The molecule has 0 spiro atoms. The van der Waals surface area contributed by atoms with Gasteiger partial charge in [-0.15, -0.1) is 0 Å². The van der Waals surface area contributed by atoms with E-state index < -0.39 is 0 Å². The topological polar surface area (TPSA) is 33.3 Å². The van der Waals surface area contributed by atoms with Crippen LogP contribution in [0.5, 0.6) is 0 Å². The lowest BCUT2D eigenvalue weighted by Gasteiger charge is -2.14. The highest BCUT2D eigenvalue weighted by molar-refractivity contribution is 7.99. The van der Waals surface area contributed by atoms with Gasteiger partial charge in [-0.1, -0.05) is 29.5 Å². The maximum absolute atomic E-state index is 5.59. The Hall–Kier alpha value is -1.56. The Morgan fingerprint density at radius 3 is 2.68 bits per heavy atom. The van der Waals surface area contributed by atoms with Gasteiger partial charge in [-0.25, -0.2) is 0 Å². The lowest BCUT2D eigenvalue weighted by molar-refractivity contribution is 0.114. The van der Waals surface area contributed by atoms with Gasteiger partial charge in [0.25, 0.3) is 0 Å². The van der Waals surface area contributed by atoms with E-state index in [9.17, 15) is 0 Å². The summed E-state index contributed by atoms with van der Waals surface area (Å²) < 4.78 is 5.59. The summed E-state index contributed by atoms with van der Waals surface area (Å²) in [7, 11) is 0. The number of hydrogen-bond acceptors (Lipinski definition) is 3. The second-order valence-corrected chi connectivity index (χ2v) is 7.89. The molecule has 1 fully saturated rings. The third-order valence-electron chi connectivity index (χ3n) is 4.18. The molecule has 0 aromatic heterocycles. The molecule has 0 radical (unpaired) electrons. The summed E-state index contributed by atoms with van der Waals surface area (Å²) in [6.07, 6.45) is 2.54. The number of nitrogens with one attached hydrogen (secondary N) is 2. The number of anilines is 1. The van der Waals surface area contributed by atoms with Crippen molar-refractivity contribution < 1.29 is 4.74 Å². The van der Waals surface area contributed by atoms with Gasteiger partial charge < -0.3 is 15.4 Å². The Morgan fingerprint density at radius 1 is 1.20 bits per heavy atom. The average Bonchev–Trinajstić information content (AvgIpc) is 3.11. The van der Waals surface area contributed by atoms with Gasteiger partial charge in [-0.3, -0.25) is 0 Å². The Bertz CT molecular complexity index is 725. The Kier molecular flexibility index (Phi) is 6.34. The minimum atomic E-state index is 0.288. The summed E-state index contributed by atoms with van der Waals surface area (Å²) in [5.74, 6) is 0. The minimum Gasteiger partial charge on any atom is -0.376 e. The number of benzene rings is 2. The van der Waals surface area contributed by atoms with Crippen LogP contribution in [0.3, 0.4) is 0 Å². The van der Waals surface area contributed by atoms with Crippen LogP contribution in [0.4, 0.5) is 5.69 Å². The number of thiocarbonyl (C=S) groups is 1. The predicted octanol–water partition coefficient (Wildman–Crippen LogP) is 4.92. The van der Waals surface area contributed by atoms with Gasteiger partial charge in [-0.05, 0) is 74.8 Å². The largest absolute Gasteiger partial charge is 0.376 e. The molecule has 0 amide bonds. The predicted molar refractivity (Wildman–Crippen MR) is 110 cm³/mol. The van der Waals surface area contributed by atoms with Crippen molar-refractivity contribution in [3.63, 3.8) is 0 Å². The van der Waals surface area contributed by atoms with Crippen molar-refractivity contribution in [1.82, 2.24) is 5.32 Å². The molecule has 5 heteroatoms. The summed E-state index contributed by atoms with van der Waals surface area (Å²) in [6.45, 7) is 5.92. The van der Waals surface area contributed by atoms with Crippen LogP contribution in [0.1, 0.15) is 24.0 Å². The van der Waals surface area contributed by atoms with E-state index in [1.165, 1.54) is 20.9 Å². The maximum atomic E-state index is 5.59. The highest BCUT2D eigenvalue weighted by atomic mass is 32.2.